The predicted octanol–water partition coefficient (Wildman–Crippen LogP) is 3.32. The monoisotopic (exact) mass is 385 g/mol. The Morgan fingerprint density at radius 2 is 2.04 bits per heavy atom. The van der Waals surface area contributed by atoms with Crippen LogP contribution in [0, 0.1) is 5.82 Å². The van der Waals surface area contributed by atoms with Crippen LogP contribution in [0.1, 0.15) is 18.4 Å². The Kier molecular flexibility index (Phi) is 4.85. The van der Waals surface area contributed by atoms with Crippen LogP contribution in [0.25, 0.3) is 11.4 Å². The quantitative estimate of drug-likeness (QED) is 0.653. The number of rotatable bonds is 6. The molecule has 0 saturated heterocycles. The van der Waals surface area contributed by atoms with E-state index in [0.29, 0.717) is 16.4 Å². The Morgan fingerprint density at radius 3 is 2.78 bits per heavy atom. The lowest BCUT2D eigenvalue weighted by atomic mass is 10.2. The molecule has 0 N–H and O–H groups in total. The van der Waals surface area contributed by atoms with Crippen molar-refractivity contribution < 1.29 is 9.18 Å². The summed E-state index contributed by atoms with van der Waals surface area (Å²) in [5.41, 5.74) is 1.23. The number of halogens is 2. The molecule has 3 aromatic rings. The van der Waals surface area contributed by atoms with E-state index in [9.17, 15) is 9.18 Å². The second-order valence-electron chi connectivity index (χ2n) is 6.50. The number of amides is 1. The third kappa shape index (κ3) is 4.14. The van der Waals surface area contributed by atoms with Crippen LogP contribution in [0.15, 0.2) is 48.5 Å². The molecule has 1 saturated carbocycles. The molecule has 1 amide bonds. The first kappa shape index (κ1) is 17.6. The van der Waals surface area contributed by atoms with Crippen LogP contribution in [-0.4, -0.2) is 37.1 Å². The van der Waals surface area contributed by atoms with E-state index < -0.39 is 0 Å². The van der Waals surface area contributed by atoms with Crippen LogP contribution < -0.4 is 0 Å². The number of tetrazole rings is 1. The number of hydrogen-bond acceptors (Lipinski definition) is 4. The predicted molar refractivity (Wildman–Crippen MR) is 98.2 cm³/mol. The van der Waals surface area contributed by atoms with E-state index in [0.717, 1.165) is 18.4 Å². The number of carbonyl (C=O) groups excluding carboxylic acids is 1. The van der Waals surface area contributed by atoms with Gasteiger partial charge in [-0.25, -0.2) is 4.39 Å². The van der Waals surface area contributed by atoms with Gasteiger partial charge in [0, 0.05) is 28.7 Å². The second kappa shape index (κ2) is 7.44. The van der Waals surface area contributed by atoms with Gasteiger partial charge in [-0.3, -0.25) is 4.79 Å². The lowest BCUT2D eigenvalue weighted by Gasteiger charge is -2.22. The topological polar surface area (TPSA) is 63.9 Å². The summed E-state index contributed by atoms with van der Waals surface area (Å²) >= 11 is 5.98. The van der Waals surface area contributed by atoms with E-state index in [1.54, 1.807) is 41.3 Å². The molecule has 4 rings (SSSR count). The zero-order valence-corrected chi connectivity index (χ0v) is 15.2. The largest absolute Gasteiger partial charge is 0.334 e. The Bertz CT molecular complexity index is 972. The smallest absolute Gasteiger partial charge is 0.246 e. The SMILES string of the molecule is O=C(Cn1nnc(-c2cccc(Cl)c2)n1)N(Cc1ccccc1F)C1CC1. The maximum Gasteiger partial charge on any atom is 0.246 e. The van der Waals surface area contributed by atoms with Crippen LogP contribution in [0.3, 0.4) is 0 Å². The number of aromatic nitrogens is 4. The van der Waals surface area contributed by atoms with Crippen molar-refractivity contribution in [1.29, 1.82) is 0 Å². The molecule has 1 heterocycles. The fourth-order valence-electron chi connectivity index (χ4n) is 2.88. The van der Waals surface area contributed by atoms with Crippen molar-refractivity contribution in [2.75, 3.05) is 0 Å². The second-order valence-corrected chi connectivity index (χ2v) is 6.93. The number of hydrogen-bond donors (Lipinski definition) is 0. The normalized spacial score (nSPS) is 13.6. The molecule has 1 aromatic heterocycles. The van der Waals surface area contributed by atoms with Gasteiger partial charge < -0.3 is 4.90 Å². The first-order valence-corrected chi connectivity index (χ1v) is 9.04. The van der Waals surface area contributed by atoms with Crippen molar-refractivity contribution in [2.24, 2.45) is 0 Å². The number of benzene rings is 2. The Morgan fingerprint density at radius 1 is 1.22 bits per heavy atom. The van der Waals surface area contributed by atoms with E-state index >= 15 is 0 Å². The summed E-state index contributed by atoms with van der Waals surface area (Å²) in [5.74, 6) is -0.0637. The Labute approximate surface area is 160 Å². The molecule has 8 heteroatoms. The fraction of sp³-hybridized carbons (Fsp3) is 0.263. The zero-order chi connectivity index (χ0) is 18.8. The van der Waals surface area contributed by atoms with Crippen molar-refractivity contribution in [1.82, 2.24) is 25.1 Å². The van der Waals surface area contributed by atoms with Gasteiger partial charge in [0.05, 0.1) is 0 Å². The molecule has 1 fully saturated rings. The van der Waals surface area contributed by atoms with Crippen molar-refractivity contribution >= 4 is 17.5 Å². The molecular formula is C19H17ClFN5O. The molecule has 0 unspecified atom stereocenters. The molecule has 2 aromatic carbocycles. The summed E-state index contributed by atoms with van der Waals surface area (Å²) in [7, 11) is 0. The standard InChI is InChI=1S/C19H17ClFN5O/c20-15-6-3-5-13(10-15)19-22-24-26(23-19)12-18(27)25(16-8-9-16)11-14-4-1-2-7-17(14)21/h1-7,10,16H,8-9,11-12H2. The maximum atomic E-state index is 14.0. The van der Waals surface area contributed by atoms with Crippen LogP contribution in [0.5, 0.6) is 0 Å². The van der Waals surface area contributed by atoms with Gasteiger partial charge in [-0.05, 0) is 36.3 Å². The highest BCUT2D eigenvalue weighted by atomic mass is 35.5. The van der Waals surface area contributed by atoms with Crippen LogP contribution in [0.2, 0.25) is 5.02 Å². The van der Waals surface area contributed by atoms with Crippen molar-refractivity contribution in [3.05, 3.63) is 64.9 Å². The lowest BCUT2D eigenvalue weighted by molar-refractivity contribution is -0.133. The molecule has 0 spiro atoms. The summed E-state index contributed by atoms with van der Waals surface area (Å²) in [5, 5.41) is 12.8. The first-order chi connectivity index (χ1) is 13.1. The molecule has 6 nitrogen and oxygen atoms in total. The molecule has 138 valence electrons. The molecule has 1 aliphatic carbocycles. The van der Waals surface area contributed by atoms with Crippen molar-refractivity contribution in [3.63, 3.8) is 0 Å². The lowest BCUT2D eigenvalue weighted by Crippen LogP contribution is -2.36. The fourth-order valence-corrected chi connectivity index (χ4v) is 3.07. The maximum absolute atomic E-state index is 14.0. The third-order valence-corrected chi connectivity index (χ3v) is 4.65. The van der Waals surface area contributed by atoms with Crippen molar-refractivity contribution in [3.8, 4) is 11.4 Å². The highest BCUT2D eigenvalue weighted by Crippen LogP contribution is 2.29. The Hall–Kier alpha value is -2.80. The average Bonchev–Trinajstić information content (AvgIpc) is 3.39. The number of carbonyl (C=O) groups is 1. The van der Waals surface area contributed by atoms with Crippen LogP contribution >= 0.6 is 11.6 Å². The van der Waals surface area contributed by atoms with Crippen LogP contribution in [0.4, 0.5) is 4.39 Å². The molecule has 0 aliphatic heterocycles. The third-order valence-electron chi connectivity index (χ3n) is 4.42. The van der Waals surface area contributed by atoms with Gasteiger partial charge in [0.2, 0.25) is 11.7 Å². The summed E-state index contributed by atoms with van der Waals surface area (Å²) in [6.45, 7) is 0.199. The minimum Gasteiger partial charge on any atom is -0.334 e. The number of nitrogens with zero attached hydrogens (tertiary/aromatic N) is 5. The summed E-state index contributed by atoms with van der Waals surface area (Å²) in [4.78, 5) is 15.7. The van der Waals surface area contributed by atoms with Crippen molar-refractivity contribution in [2.45, 2.75) is 32.0 Å². The molecule has 0 radical (unpaired) electrons. The Balaban J connectivity index is 1.48. The van der Waals surface area contributed by atoms with Gasteiger partial charge in [-0.2, -0.15) is 4.80 Å². The van der Waals surface area contributed by atoms with Gasteiger partial charge in [0.1, 0.15) is 12.4 Å². The van der Waals surface area contributed by atoms with Gasteiger partial charge in [-0.1, -0.05) is 41.9 Å². The van der Waals surface area contributed by atoms with Gasteiger partial charge in [0.25, 0.3) is 0 Å². The minimum absolute atomic E-state index is 0.0431. The zero-order valence-electron chi connectivity index (χ0n) is 14.4. The average molecular weight is 386 g/mol. The van der Waals surface area contributed by atoms with Crippen LogP contribution in [-0.2, 0) is 17.9 Å². The highest BCUT2D eigenvalue weighted by Gasteiger charge is 2.33. The molecular weight excluding hydrogens is 369 g/mol. The van der Waals surface area contributed by atoms with E-state index in [1.807, 2.05) is 6.07 Å². The van der Waals surface area contributed by atoms with E-state index in [2.05, 4.69) is 15.4 Å². The molecule has 0 atom stereocenters. The highest BCUT2D eigenvalue weighted by molar-refractivity contribution is 6.30. The molecule has 0 bridgehead atoms. The minimum atomic E-state index is -0.307. The summed E-state index contributed by atoms with van der Waals surface area (Å²) in [6.07, 6.45) is 1.86. The van der Waals surface area contributed by atoms with E-state index in [-0.39, 0.29) is 30.9 Å². The molecule has 1 aliphatic rings. The van der Waals surface area contributed by atoms with E-state index in [1.165, 1.54) is 10.9 Å². The van der Waals surface area contributed by atoms with Gasteiger partial charge >= 0.3 is 0 Å². The molecule has 27 heavy (non-hydrogen) atoms. The summed E-state index contributed by atoms with van der Waals surface area (Å²) < 4.78 is 14.0. The van der Waals surface area contributed by atoms with Gasteiger partial charge in [0.15, 0.2) is 0 Å². The first-order valence-electron chi connectivity index (χ1n) is 8.67. The van der Waals surface area contributed by atoms with E-state index in [4.69, 9.17) is 11.6 Å². The summed E-state index contributed by atoms with van der Waals surface area (Å²) in [6, 6.07) is 13.8. The van der Waals surface area contributed by atoms with Gasteiger partial charge in [-0.15, -0.1) is 10.2 Å².